The second-order valence-electron chi connectivity index (χ2n) is 4.87. The molecule has 0 radical (unpaired) electrons. The van der Waals surface area contributed by atoms with Gasteiger partial charge in [0, 0.05) is 19.7 Å². The van der Waals surface area contributed by atoms with Gasteiger partial charge in [0.2, 0.25) is 0 Å². The number of hydrogen-bond acceptors (Lipinski definition) is 5. The molecule has 0 spiro atoms. The Hall–Kier alpha value is -2.22. The quantitative estimate of drug-likeness (QED) is 0.488. The van der Waals surface area contributed by atoms with Crippen molar-refractivity contribution in [2.24, 2.45) is 0 Å². The highest BCUT2D eigenvalue weighted by atomic mass is 19.1. The lowest BCUT2D eigenvalue weighted by molar-refractivity contribution is -0.385. The molecule has 1 aliphatic rings. The van der Waals surface area contributed by atoms with Gasteiger partial charge in [-0.3, -0.25) is 14.9 Å². The Morgan fingerprint density at radius 1 is 1.57 bits per heavy atom. The van der Waals surface area contributed by atoms with Crippen LogP contribution in [0, 0.1) is 15.9 Å². The average Bonchev–Trinajstić information content (AvgIpc) is 3.26. The van der Waals surface area contributed by atoms with Gasteiger partial charge >= 0.3 is 0 Å². The first-order valence-corrected chi connectivity index (χ1v) is 6.49. The van der Waals surface area contributed by atoms with Crippen LogP contribution in [0.1, 0.15) is 23.2 Å². The summed E-state index contributed by atoms with van der Waals surface area (Å²) in [5, 5.41) is 11.0. The van der Waals surface area contributed by atoms with Crippen molar-refractivity contribution in [1.82, 2.24) is 4.90 Å². The van der Waals surface area contributed by atoms with Gasteiger partial charge in [-0.2, -0.15) is 0 Å². The van der Waals surface area contributed by atoms with Crippen LogP contribution < -0.4 is 5.73 Å². The molecule has 1 fully saturated rings. The SMILES string of the molecule is COCCN(C(=O)c1cc(N)c(F)cc1[N+](=O)[O-])C1CC1. The normalized spacial score (nSPS) is 14.0. The van der Waals surface area contributed by atoms with Crippen molar-refractivity contribution in [1.29, 1.82) is 0 Å². The van der Waals surface area contributed by atoms with E-state index >= 15 is 0 Å². The molecule has 0 saturated heterocycles. The largest absolute Gasteiger partial charge is 0.396 e. The predicted molar refractivity (Wildman–Crippen MR) is 73.4 cm³/mol. The van der Waals surface area contributed by atoms with Gasteiger partial charge in [-0.05, 0) is 18.9 Å². The first-order valence-electron chi connectivity index (χ1n) is 6.49. The number of methoxy groups -OCH3 is 1. The lowest BCUT2D eigenvalue weighted by atomic mass is 10.1. The predicted octanol–water partition coefficient (Wildman–Crippen LogP) is 1.57. The molecule has 1 aromatic rings. The molecule has 0 bridgehead atoms. The van der Waals surface area contributed by atoms with Crippen LogP contribution in [0.2, 0.25) is 0 Å². The van der Waals surface area contributed by atoms with Gasteiger partial charge in [-0.1, -0.05) is 0 Å². The lowest BCUT2D eigenvalue weighted by Gasteiger charge is -2.22. The fourth-order valence-electron chi connectivity index (χ4n) is 2.08. The fourth-order valence-corrected chi connectivity index (χ4v) is 2.08. The van der Waals surface area contributed by atoms with E-state index in [4.69, 9.17) is 10.5 Å². The molecular formula is C13H16FN3O4. The van der Waals surface area contributed by atoms with Crippen LogP contribution in [-0.2, 0) is 4.74 Å². The Labute approximate surface area is 120 Å². The summed E-state index contributed by atoms with van der Waals surface area (Å²) in [7, 11) is 1.51. The van der Waals surface area contributed by atoms with Crippen molar-refractivity contribution < 1.29 is 18.8 Å². The van der Waals surface area contributed by atoms with E-state index in [-0.39, 0.29) is 17.3 Å². The molecular weight excluding hydrogens is 281 g/mol. The van der Waals surface area contributed by atoms with Crippen LogP contribution in [0.5, 0.6) is 0 Å². The molecule has 1 aliphatic carbocycles. The van der Waals surface area contributed by atoms with Crippen LogP contribution in [0.3, 0.4) is 0 Å². The monoisotopic (exact) mass is 297 g/mol. The molecule has 21 heavy (non-hydrogen) atoms. The van der Waals surface area contributed by atoms with E-state index < -0.39 is 22.3 Å². The first-order chi connectivity index (χ1) is 9.95. The summed E-state index contributed by atoms with van der Waals surface area (Å²) in [4.78, 5) is 24.3. The minimum absolute atomic E-state index is 0.0542. The third kappa shape index (κ3) is 3.27. The highest BCUT2D eigenvalue weighted by molar-refractivity contribution is 5.99. The minimum Gasteiger partial charge on any atom is -0.396 e. The van der Waals surface area contributed by atoms with Crippen molar-refractivity contribution in [3.63, 3.8) is 0 Å². The van der Waals surface area contributed by atoms with Crippen LogP contribution in [0.4, 0.5) is 15.8 Å². The number of carbonyl (C=O) groups is 1. The zero-order valence-corrected chi connectivity index (χ0v) is 11.5. The van der Waals surface area contributed by atoms with E-state index in [1.165, 1.54) is 12.0 Å². The van der Waals surface area contributed by atoms with Crippen LogP contribution in [0.15, 0.2) is 12.1 Å². The van der Waals surface area contributed by atoms with Gasteiger partial charge in [0.25, 0.3) is 11.6 Å². The Morgan fingerprint density at radius 2 is 2.24 bits per heavy atom. The lowest BCUT2D eigenvalue weighted by Crippen LogP contribution is -2.36. The fraction of sp³-hybridized carbons (Fsp3) is 0.462. The number of halogens is 1. The molecule has 7 nitrogen and oxygen atoms in total. The molecule has 0 atom stereocenters. The highest BCUT2D eigenvalue weighted by Gasteiger charge is 2.35. The van der Waals surface area contributed by atoms with Crippen molar-refractivity contribution in [2.75, 3.05) is 26.0 Å². The summed E-state index contributed by atoms with van der Waals surface area (Å²) in [6.45, 7) is 0.654. The van der Waals surface area contributed by atoms with E-state index in [0.29, 0.717) is 19.2 Å². The summed E-state index contributed by atoms with van der Waals surface area (Å²) in [6.07, 6.45) is 1.69. The molecule has 1 amide bonds. The first kappa shape index (κ1) is 15.2. The van der Waals surface area contributed by atoms with Gasteiger partial charge in [0.1, 0.15) is 5.56 Å². The smallest absolute Gasteiger partial charge is 0.285 e. The second-order valence-corrected chi connectivity index (χ2v) is 4.87. The second kappa shape index (κ2) is 6.04. The molecule has 0 aliphatic heterocycles. The maximum Gasteiger partial charge on any atom is 0.285 e. The van der Waals surface area contributed by atoms with Gasteiger partial charge in [0.05, 0.1) is 23.3 Å². The minimum atomic E-state index is -0.909. The Morgan fingerprint density at radius 3 is 2.76 bits per heavy atom. The van der Waals surface area contributed by atoms with Gasteiger partial charge < -0.3 is 15.4 Å². The standard InChI is InChI=1S/C13H16FN3O4/c1-21-5-4-16(8-2-3-8)13(18)9-6-11(15)10(14)7-12(9)17(19)20/h6-8H,2-5,15H2,1H3. The van der Waals surface area contributed by atoms with Crippen molar-refractivity contribution in [3.8, 4) is 0 Å². The molecule has 1 aromatic carbocycles. The number of nitrogen functional groups attached to an aromatic ring is 1. The topological polar surface area (TPSA) is 98.7 Å². The van der Waals surface area contributed by atoms with Gasteiger partial charge in [-0.25, -0.2) is 4.39 Å². The Bertz CT molecular complexity index is 575. The number of nitro groups is 1. The molecule has 114 valence electrons. The van der Waals surface area contributed by atoms with Gasteiger partial charge in [0.15, 0.2) is 5.82 Å². The molecule has 2 rings (SSSR count). The van der Waals surface area contributed by atoms with Crippen LogP contribution in [-0.4, -0.2) is 42.0 Å². The zero-order chi connectivity index (χ0) is 15.6. The number of ether oxygens (including phenoxy) is 1. The molecule has 8 heteroatoms. The van der Waals surface area contributed by atoms with Crippen LogP contribution in [0.25, 0.3) is 0 Å². The summed E-state index contributed by atoms with van der Waals surface area (Å²) in [5.41, 5.74) is 4.37. The number of anilines is 1. The number of nitro benzene ring substituents is 1. The van der Waals surface area contributed by atoms with E-state index in [9.17, 15) is 19.3 Å². The van der Waals surface area contributed by atoms with Crippen molar-refractivity contribution in [3.05, 3.63) is 33.6 Å². The number of amides is 1. The maximum absolute atomic E-state index is 13.4. The molecule has 0 unspecified atom stereocenters. The average molecular weight is 297 g/mol. The molecule has 2 N–H and O–H groups in total. The Kier molecular flexibility index (Phi) is 4.37. The summed E-state index contributed by atoms with van der Waals surface area (Å²) in [5.74, 6) is -1.43. The molecule has 0 aromatic heterocycles. The number of carbonyl (C=O) groups excluding carboxylic acids is 1. The molecule has 1 saturated carbocycles. The third-order valence-corrected chi connectivity index (χ3v) is 3.33. The molecule has 0 heterocycles. The van der Waals surface area contributed by atoms with Crippen molar-refractivity contribution in [2.45, 2.75) is 18.9 Å². The summed E-state index contributed by atoms with van der Waals surface area (Å²) >= 11 is 0. The van der Waals surface area contributed by atoms with Crippen LogP contribution >= 0.6 is 0 Å². The highest BCUT2D eigenvalue weighted by Crippen LogP contribution is 2.31. The number of rotatable bonds is 6. The number of nitrogens with two attached hydrogens (primary N) is 1. The Balaban J connectivity index is 2.36. The van der Waals surface area contributed by atoms with E-state index in [2.05, 4.69) is 0 Å². The van der Waals surface area contributed by atoms with Gasteiger partial charge in [-0.15, -0.1) is 0 Å². The summed E-state index contributed by atoms with van der Waals surface area (Å²) < 4.78 is 18.3. The van der Waals surface area contributed by atoms with E-state index in [1.54, 1.807) is 0 Å². The number of nitrogens with zero attached hydrogens (tertiary/aromatic N) is 2. The number of benzene rings is 1. The van der Waals surface area contributed by atoms with E-state index in [1.807, 2.05) is 0 Å². The number of hydrogen-bond donors (Lipinski definition) is 1. The maximum atomic E-state index is 13.4. The third-order valence-electron chi connectivity index (χ3n) is 3.33. The van der Waals surface area contributed by atoms with E-state index in [0.717, 1.165) is 18.9 Å². The van der Waals surface area contributed by atoms with Crippen molar-refractivity contribution >= 4 is 17.3 Å². The zero-order valence-electron chi connectivity index (χ0n) is 11.5. The summed E-state index contributed by atoms with van der Waals surface area (Å²) in [6, 6.07) is 1.76.